The molecule has 3 heterocycles. The lowest BCUT2D eigenvalue weighted by atomic mass is 10.1. The highest BCUT2D eigenvalue weighted by Crippen LogP contribution is 2.19. The molecular weight excluding hydrogens is 368 g/mol. The number of anilines is 1. The predicted molar refractivity (Wildman–Crippen MR) is 114 cm³/mol. The molecule has 0 unspecified atom stereocenters. The fraction of sp³-hybridized carbons (Fsp3) is 0.227. The summed E-state index contributed by atoms with van der Waals surface area (Å²) in [5.74, 6) is 0.885. The molecule has 28 heavy (non-hydrogen) atoms. The van der Waals surface area contributed by atoms with Crippen molar-refractivity contribution < 1.29 is 4.79 Å². The van der Waals surface area contributed by atoms with Crippen molar-refractivity contribution >= 4 is 34.1 Å². The second kappa shape index (κ2) is 8.35. The quantitative estimate of drug-likeness (QED) is 0.499. The van der Waals surface area contributed by atoms with Gasteiger partial charge >= 0.3 is 0 Å². The van der Waals surface area contributed by atoms with Gasteiger partial charge in [-0.05, 0) is 47.7 Å². The summed E-state index contributed by atoms with van der Waals surface area (Å²) < 4.78 is 2.12. The smallest absolute Gasteiger partial charge is 0.224 e. The van der Waals surface area contributed by atoms with Crippen molar-refractivity contribution in [3.05, 3.63) is 76.4 Å². The SMILES string of the molecule is CCc1cccc(NC(=O)CCc2nc3cccnc3n2Cc2cccs2)c1. The monoisotopic (exact) mass is 390 g/mol. The maximum Gasteiger partial charge on any atom is 0.224 e. The maximum atomic E-state index is 12.5. The molecule has 3 aromatic heterocycles. The van der Waals surface area contributed by atoms with Gasteiger partial charge < -0.3 is 9.88 Å². The first-order valence-corrected chi connectivity index (χ1v) is 10.3. The molecule has 5 nitrogen and oxygen atoms in total. The summed E-state index contributed by atoms with van der Waals surface area (Å²) in [6.07, 6.45) is 3.68. The average Bonchev–Trinajstić information content (AvgIpc) is 3.35. The highest BCUT2D eigenvalue weighted by molar-refractivity contribution is 7.09. The van der Waals surface area contributed by atoms with Gasteiger partial charge in [0.1, 0.15) is 11.3 Å². The number of amides is 1. The van der Waals surface area contributed by atoms with E-state index in [9.17, 15) is 4.79 Å². The van der Waals surface area contributed by atoms with Crippen LogP contribution in [0.15, 0.2) is 60.1 Å². The maximum absolute atomic E-state index is 12.5. The van der Waals surface area contributed by atoms with Crippen LogP contribution in [-0.4, -0.2) is 20.4 Å². The standard InChI is InChI=1S/C22H22N4OS/c1-2-16-6-3-7-17(14-16)24-21(27)11-10-20-25-19-9-4-12-23-22(19)26(20)15-18-8-5-13-28-18/h3-9,12-14H,2,10-11,15H2,1H3,(H,24,27). The molecule has 1 amide bonds. The van der Waals surface area contributed by atoms with Crippen molar-refractivity contribution in [2.75, 3.05) is 5.32 Å². The summed E-state index contributed by atoms with van der Waals surface area (Å²) in [7, 11) is 0. The highest BCUT2D eigenvalue weighted by Gasteiger charge is 2.14. The molecule has 4 rings (SSSR count). The van der Waals surface area contributed by atoms with Gasteiger partial charge in [0.25, 0.3) is 0 Å². The number of aromatic nitrogens is 3. The molecule has 6 heteroatoms. The number of nitrogens with one attached hydrogen (secondary N) is 1. The normalized spacial score (nSPS) is 11.0. The van der Waals surface area contributed by atoms with Gasteiger partial charge in [0, 0.05) is 29.6 Å². The number of thiophene rings is 1. The Morgan fingerprint density at radius 2 is 2.11 bits per heavy atom. The minimum Gasteiger partial charge on any atom is -0.326 e. The Labute approximate surface area is 168 Å². The van der Waals surface area contributed by atoms with E-state index in [0.29, 0.717) is 12.8 Å². The third kappa shape index (κ3) is 4.12. The number of fused-ring (bicyclic) bond motifs is 1. The van der Waals surface area contributed by atoms with Crippen molar-refractivity contribution in [1.29, 1.82) is 0 Å². The van der Waals surface area contributed by atoms with E-state index in [-0.39, 0.29) is 5.91 Å². The van der Waals surface area contributed by atoms with Crippen LogP contribution in [0.3, 0.4) is 0 Å². The molecule has 0 atom stereocenters. The van der Waals surface area contributed by atoms with E-state index in [4.69, 9.17) is 4.98 Å². The molecule has 1 N–H and O–H groups in total. The molecular formula is C22H22N4OS. The second-order valence-electron chi connectivity index (χ2n) is 6.64. The van der Waals surface area contributed by atoms with Crippen LogP contribution in [0, 0.1) is 0 Å². The van der Waals surface area contributed by atoms with Crippen LogP contribution in [0.25, 0.3) is 11.2 Å². The Bertz CT molecular complexity index is 1090. The molecule has 142 valence electrons. The van der Waals surface area contributed by atoms with Crippen molar-refractivity contribution in [2.24, 2.45) is 0 Å². The molecule has 4 aromatic rings. The van der Waals surface area contributed by atoms with E-state index < -0.39 is 0 Å². The number of hydrogen-bond acceptors (Lipinski definition) is 4. The Balaban J connectivity index is 1.50. The Kier molecular flexibility index (Phi) is 5.48. The number of aryl methyl sites for hydroxylation is 2. The van der Waals surface area contributed by atoms with Gasteiger partial charge in [-0.2, -0.15) is 0 Å². The molecule has 0 radical (unpaired) electrons. The molecule has 0 saturated heterocycles. The number of carbonyl (C=O) groups excluding carboxylic acids is 1. The molecule has 0 fully saturated rings. The lowest BCUT2D eigenvalue weighted by Gasteiger charge is -2.09. The number of pyridine rings is 1. The Hall–Kier alpha value is -2.99. The lowest BCUT2D eigenvalue weighted by Crippen LogP contribution is -2.14. The third-order valence-corrected chi connectivity index (χ3v) is 5.53. The topological polar surface area (TPSA) is 59.8 Å². The molecule has 1 aromatic carbocycles. The molecule has 0 bridgehead atoms. The Morgan fingerprint density at radius 1 is 1.18 bits per heavy atom. The summed E-state index contributed by atoms with van der Waals surface area (Å²) in [5.41, 5.74) is 3.78. The summed E-state index contributed by atoms with van der Waals surface area (Å²) in [5, 5.41) is 5.07. The molecule has 0 aliphatic heterocycles. The summed E-state index contributed by atoms with van der Waals surface area (Å²) in [4.78, 5) is 22.9. The largest absolute Gasteiger partial charge is 0.326 e. The molecule has 0 aliphatic rings. The van der Waals surface area contributed by atoms with Crippen LogP contribution in [-0.2, 0) is 24.2 Å². The van der Waals surface area contributed by atoms with Gasteiger partial charge in [-0.15, -0.1) is 11.3 Å². The van der Waals surface area contributed by atoms with E-state index in [1.165, 1.54) is 10.4 Å². The van der Waals surface area contributed by atoms with E-state index in [1.54, 1.807) is 17.5 Å². The highest BCUT2D eigenvalue weighted by atomic mass is 32.1. The number of hydrogen-bond donors (Lipinski definition) is 1. The summed E-state index contributed by atoms with van der Waals surface area (Å²) in [6.45, 7) is 2.83. The van der Waals surface area contributed by atoms with E-state index in [0.717, 1.165) is 35.6 Å². The van der Waals surface area contributed by atoms with Crippen LogP contribution in [0.4, 0.5) is 5.69 Å². The van der Waals surface area contributed by atoms with Gasteiger partial charge in [0.15, 0.2) is 5.65 Å². The first-order valence-electron chi connectivity index (χ1n) is 9.44. The minimum atomic E-state index is -0.00376. The zero-order chi connectivity index (χ0) is 19.3. The summed E-state index contributed by atoms with van der Waals surface area (Å²) >= 11 is 1.71. The minimum absolute atomic E-state index is 0.00376. The number of carbonyl (C=O) groups is 1. The van der Waals surface area contributed by atoms with Crippen molar-refractivity contribution in [2.45, 2.75) is 32.7 Å². The van der Waals surface area contributed by atoms with Gasteiger partial charge in [-0.3, -0.25) is 4.79 Å². The van der Waals surface area contributed by atoms with Crippen molar-refractivity contribution in [3.63, 3.8) is 0 Å². The van der Waals surface area contributed by atoms with Crippen LogP contribution in [0.1, 0.15) is 29.6 Å². The summed E-state index contributed by atoms with van der Waals surface area (Å²) in [6, 6.07) is 16.0. The number of rotatable bonds is 7. The van der Waals surface area contributed by atoms with Gasteiger partial charge in [0.05, 0.1) is 6.54 Å². The molecule has 0 spiro atoms. The second-order valence-corrected chi connectivity index (χ2v) is 7.67. The first-order chi connectivity index (χ1) is 13.7. The Morgan fingerprint density at radius 3 is 2.93 bits per heavy atom. The molecule has 0 saturated carbocycles. The first kappa shape index (κ1) is 18.4. The number of nitrogens with zero attached hydrogens (tertiary/aromatic N) is 3. The van der Waals surface area contributed by atoms with E-state index in [1.807, 2.05) is 36.4 Å². The number of benzene rings is 1. The third-order valence-electron chi connectivity index (χ3n) is 4.67. The van der Waals surface area contributed by atoms with Gasteiger partial charge in [0.2, 0.25) is 5.91 Å². The van der Waals surface area contributed by atoms with E-state index >= 15 is 0 Å². The fourth-order valence-electron chi connectivity index (χ4n) is 3.24. The number of imidazole rings is 1. The van der Waals surface area contributed by atoms with E-state index in [2.05, 4.69) is 39.3 Å². The van der Waals surface area contributed by atoms with Gasteiger partial charge in [-0.25, -0.2) is 9.97 Å². The van der Waals surface area contributed by atoms with Crippen LogP contribution in [0.5, 0.6) is 0 Å². The lowest BCUT2D eigenvalue weighted by molar-refractivity contribution is -0.116. The van der Waals surface area contributed by atoms with Crippen LogP contribution < -0.4 is 5.32 Å². The van der Waals surface area contributed by atoms with Crippen LogP contribution in [0.2, 0.25) is 0 Å². The fourth-order valence-corrected chi connectivity index (χ4v) is 3.93. The average molecular weight is 391 g/mol. The predicted octanol–water partition coefficient (Wildman–Crippen LogP) is 4.67. The van der Waals surface area contributed by atoms with Crippen LogP contribution >= 0.6 is 11.3 Å². The zero-order valence-corrected chi connectivity index (χ0v) is 16.6. The molecule has 0 aliphatic carbocycles. The zero-order valence-electron chi connectivity index (χ0n) is 15.8. The van der Waals surface area contributed by atoms with Crippen molar-refractivity contribution in [1.82, 2.24) is 14.5 Å². The van der Waals surface area contributed by atoms with Crippen molar-refractivity contribution in [3.8, 4) is 0 Å². The van der Waals surface area contributed by atoms with Gasteiger partial charge in [-0.1, -0.05) is 25.1 Å².